The minimum Gasteiger partial charge on any atom is -0.456 e. The number of benzene rings is 3. The second kappa shape index (κ2) is 4.68. The smallest absolute Gasteiger partial charge is 0.136 e. The molecule has 0 saturated heterocycles. The van der Waals surface area contributed by atoms with Gasteiger partial charge in [0.1, 0.15) is 11.2 Å². The second-order valence-electron chi connectivity index (χ2n) is 5.66. The maximum atomic E-state index is 6.00. The highest BCUT2D eigenvalue weighted by molar-refractivity contribution is 6.14. The molecule has 0 bridgehead atoms. The van der Waals surface area contributed by atoms with Gasteiger partial charge in [-0.25, -0.2) is 0 Å². The van der Waals surface area contributed by atoms with Crippen molar-refractivity contribution in [2.75, 3.05) is 0 Å². The Hall–Kier alpha value is -3.13. The first-order valence-electron chi connectivity index (χ1n) is 7.66. The maximum absolute atomic E-state index is 6.00. The molecule has 2 heterocycles. The number of hydrogen-bond donors (Lipinski definition) is 0. The topological polar surface area (TPSA) is 26.0 Å². The molecule has 0 aliphatic carbocycles. The van der Waals surface area contributed by atoms with Gasteiger partial charge in [-0.05, 0) is 23.6 Å². The Morgan fingerprint density at radius 2 is 1.43 bits per heavy atom. The van der Waals surface area contributed by atoms with Crippen molar-refractivity contribution in [3.8, 4) is 11.3 Å². The van der Waals surface area contributed by atoms with Crippen LogP contribution in [-0.4, -0.2) is 4.98 Å². The number of hydrogen-bond acceptors (Lipinski definition) is 2. The average Bonchev–Trinajstić information content (AvgIpc) is 3.00. The van der Waals surface area contributed by atoms with Crippen molar-refractivity contribution in [1.82, 2.24) is 4.98 Å². The summed E-state index contributed by atoms with van der Waals surface area (Å²) >= 11 is 0. The van der Waals surface area contributed by atoms with Gasteiger partial charge in [0.15, 0.2) is 0 Å². The van der Waals surface area contributed by atoms with Crippen molar-refractivity contribution in [2.24, 2.45) is 0 Å². The minimum absolute atomic E-state index is 0.901. The largest absolute Gasteiger partial charge is 0.456 e. The Morgan fingerprint density at radius 3 is 2.39 bits per heavy atom. The summed E-state index contributed by atoms with van der Waals surface area (Å²) in [5.41, 5.74) is 3.93. The summed E-state index contributed by atoms with van der Waals surface area (Å²) < 4.78 is 6.00. The van der Waals surface area contributed by atoms with Crippen molar-refractivity contribution in [3.05, 3.63) is 79.0 Å². The highest BCUT2D eigenvalue weighted by Crippen LogP contribution is 2.37. The molecule has 108 valence electrons. The molecule has 0 radical (unpaired) electrons. The van der Waals surface area contributed by atoms with Gasteiger partial charge in [-0.15, -0.1) is 0 Å². The Morgan fingerprint density at radius 1 is 0.652 bits per heavy atom. The van der Waals surface area contributed by atoms with Gasteiger partial charge in [-0.2, -0.15) is 0 Å². The molecular formula is C21H13NO. The summed E-state index contributed by atoms with van der Waals surface area (Å²) in [6.07, 6.45) is 1.87. The Kier molecular flexibility index (Phi) is 2.53. The van der Waals surface area contributed by atoms with Crippen LogP contribution in [0.15, 0.2) is 83.4 Å². The predicted octanol–water partition coefficient (Wildman–Crippen LogP) is 5.80. The van der Waals surface area contributed by atoms with Gasteiger partial charge in [0.05, 0.1) is 5.69 Å². The fourth-order valence-electron chi connectivity index (χ4n) is 3.31. The first-order chi connectivity index (χ1) is 11.4. The zero-order valence-electron chi connectivity index (χ0n) is 12.4. The molecule has 0 aliphatic heterocycles. The monoisotopic (exact) mass is 295 g/mol. The molecule has 3 aromatic carbocycles. The molecule has 5 rings (SSSR count). The molecule has 0 fully saturated rings. The first kappa shape index (κ1) is 12.4. The van der Waals surface area contributed by atoms with E-state index >= 15 is 0 Å². The van der Waals surface area contributed by atoms with Gasteiger partial charge >= 0.3 is 0 Å². The summed E-state index contributed by atoms with van der Waals surface area (Å²) in [6.45, 7) is 0. The lowest BCUT2D eigenvalue weighted by Gasteiger charge is -2.07. The van der Waals surface area contributed by atoms with E-state index in [0.29, 0.717) is 0 Å². The van der Waals surface area contributed by atoms with E-state index in [0.717, 1.165) is 38.6 Å². The van der Waals surface area contributed by atoms with Crippen LogP contribution >= 0.6 is 0 Å². The molecule has 23 heavy (non-hydrogen) atoms. The van der Waals surface area contributed by atoms with Crippen molar-refractivity contribution in [1.29, 1.82) is 0 Å². The van der Waals surface area contributed by atoms with E-state index in [1.807, 2.05) is 42.6 Å². The molecule has 0 saturated carbocycles. The molecule has 0 atom stereocenters. The third-order valence-electron chi connectivity index (χ3n) is 4.33. The molecule has 2 nitrogen and oxygen atoms in total. The number of nitrogens with zero attached hydrogens (tertiary/aromatic N) is 1. The average molecular weight is 295 g/mol. The number of rotatable bonds is 1. The first-order valence-corrected chi connectivity index (χ1v) is 7.66. The molecule has 0 amide bonds. The molecule has 0 unspecified atom stereocenters. The summed E-state index contributed by atoms with van der Waals surface area (Å²) in [6, 6.07) is 24.7. The Labute approximate surface area is 133 Å². The van der Waals surface area contributed by atoms with Crippen LogP contribution in [0.2, 0.25) is 0 Å². The molecule has 0 aliphatic rings. The van der Waals surface area contributed by atoms with E-state index < -0.39 is 0 Å². The summed E-state index contributed by atoms with van der Waals surface area (Å²) in [5, 5.41) is 4.62. The number of furan rings is 1. The van der Waals surface area contributed by atoms with Crippen molar-refractivity contribution in [3.63, 3.8) is 0 Å². The van der Waals surface area contributed by atoms with Crippen LogP contribution < -0.4 is 0 Å². The van der Waals surface area contributed by atoms with Crippen LogP contribution in [0.25, 0.3) is 44.0 Å². The van der Waals surface area contributed by atoms with Gasteiger partial charge in [-0.3, -0.25) is 4.98 Å². The van der Waals surface area contributed by atoms with E-state index in [1.54, 1.807) is 0 Å². The van der Waals surface area contributed by atoms with E-state index in [1.165, 1.54) is 5.39 Å². The van der Waals surface area contributed by atoms with Crippen LogP contribution in [0.5, 0.6) is 0 Å². The Balaban J connectivity index is 1.96. The fraction of sp³-hybridized carbons (Fsp3) is 0. The van der Waals surface area contributed by atoms with E-state index in [4.69, 9.17) is 4.42 Å². The number of pyridine rings is 1. The molecule has 0 N–H and O–H groups in total. The molecule has 2 heteroatoms. The predicted molar refractivity (Wildman–Crippen MR) is 94.5 cm³/mol. The van der Waals surface area contributed by atoms with Gasteiger partial charge in [0.2, 0.25) is 0 Å². The van der Waals surface area contributed by atoms with Crippen molar-refractivity contribution < 1.29 is 4.42 Å². The zero-order valence-corrected chi connectivity index (χ0v) is 12.4. The van der Waals surface area contributed by atoms with Crippen LogP contribution in [-0.2, 0) is 0 Å². The lowest BCUT2D eigenvalue weighted by molar-refractivity contribution is 0.669. The number of fused-ring (bicyclic) bond motifs is 4. The lowest BCUT2D eigenvalue weighted by Crippen LogP contribution is -1.86. The quantitative estimate of drug-likeness (QED) is 0.390. The van der Waals surface area contributed by atoms with Crippen molar-refractivity contribution >= 4 is 32.7 Å². The SMILES string of the molecule is c1ccc2c(-c3cccc4oc5ccccc5c34)nccc2c1. The Bertz CT molecular complexity index is 1160. The normalized spacial score (nSPS) is 11.5. The van der Waals surface area contributed by atoms with Crippen LogP contribution in [0.4, 0.5) is 0 Å². The molecule has 5 aromatic rings. The maximum Gasteiger partial charge on any atom is 0.136 e. The molecule has 0 spiro atoms. The minimum atomic E-state index is 0.901. The summed E-state index contributed by atoms with van der Waals surface area (Å²) in [5.74, 6) is 0. The van der Waals surface area contributed by atoms with Gasteiger partial charge in [0, 0.05) is 27.9 Å². The highest BCUT2D eigenvalue weighted by atomic mass is 16.3. The highest BCUT2D eigenvalue weighted by Gasteiger charge is 2.14. The number of aromatic nitrogens is 1. The van der Waals surface area contributed by atoms with Crippen LogP contribution in [0.3, 0.4) is 0 Å². The fourth-order valence-corrected chi connectivity index (χ4v) is 3.31. The summed E-state index contributed by atoms with van der Waals surface area (Å²) in [7, 11) is 0. The van der Waals surface area contributed by atoms with Crippen LogP contribution in [0.1, 0.15) is 0 Å². The van der Waals surface area contributed by atoms with E-state index in [-0.39, 0.29) is 0 Å². The standard InChI is InChI=1S/C21H13NO/c1-2-7-15-14(6-1)12-13-22-21(15)17-9-5-11-19-20(17)16-8-3-4-10-18(16)23-19/h1-13H. The van der Waals surface area contributed by atoms with E-state index in [9.17, 15) is 0 Å². The van der Waals surface area contributed by atoms with Gasteiger partial charge in [-0.1, -0.05) is 54.6 Å². The third-order valence-corrected chi connectivity index (χ3v) is 4.33. The lowest BCUT2D eigenvalue weighted by atomic mass is 9.99. The van der Waals surface area contributed by atoms with Gasteiger partial charge < -0.3 is 4.42 Å². The van der Waals surface area contributed by atoms with E-state index in [2.05, 4.69) is 41.4 Å². The number of para-hydroxylation sites is 1. The van der Waals surface area contributed by atoms with Crippen molar-refractivity contribution in [2.45, 2.75) is 0 Å². The molecule has 2 aromatic heterocycles. The van der Waals surface area contributed by atoms with Crippen LogP contribution in [0, 0.1) is 0 Å². The zero-order chi connectivity index (χ0) is 15.2. The third kappa shape index (κ3) is 1.78. The summed E-state index contributed by atoms with van der Waals surface area (Å²) in [4.78, 5) is 4.67. The molecular weight excluding hydrogens is 282 g/mol. The second-order valence-corrected chi connectivity index (χ2v) is 5.66. The van der Waals surface area contributed by atoms with Gasteiger partial charge in [0.25, 0.3) is 0 Å².